The van der Waals surface area contributed by atoms with Gasteiger partial charge in [0.05, 0.1) is 23.6 Å². The molecule has 35 heavy (non-hydrogen) atoms. The van der Waals surface area contributed by atoms with Crippen molar-refractivity contribution in [3.63, 3.8) is 0 Å². The summed E-state index contributed by atoms with van der Waals surface area (Å²) < 4.78 is 49.3. The molecule has 1 fully saturated rings. The van der Waals surface area contributed by atoms with Gasteiger partial charge in [0.2, 0.25) is 0 Å². The van der Waals surface area contributed by atoms with Crippen LogP contribution in [0.2, 0.25) is 0 Å². The predicted octanol–water partition coefficient (Wildman–Crippen LogP) is 4.32. The van der Waals surface area contributed by atoms with Gasteiger partial charge in [-0.25, -0.2) is 17.9 Å². The third-order valence-electron chi connectivity index (χ3n) is 6.52. The van der Waals surface area contributed by atoms with Gasteiger partial charge in [-0.1, -0.05) is 6.07 Å². The highest BCUT2D eigenvalue weighted by molar-refractivity contribution is 5.94. The minimum absolute atomic E-state index is 0.0186. The van der Waals surface area contributed by atoms with Crippen molar-refractivity contribution in [3.8, 4) is 5.69 Å². The maximum absolute atomic E-state index is 14.9. The summed E-state index contributed by atoms with van der Waals surface area (Å²) >= 11 is 0. The number of fused-ring (bicyclic) bond motifs is 1. The van der Waals surface area contributed by atoms with Crippen molar-refractivity contribution in [2.24, 2.45) is 0 Å². The number of amides is 1. The second kappa shape index (κ2) is 9.37. The van der Waals surface area contributed by atoms with Crippen molar-refractivity contribution >= 4 is 11.6 Å². The number of anilines is 1. The van der Waals surface area contributed by atoms with Gasteiger partial charge < -0.3 is 15.0 Å². The van der Waals surface area contributed by atoms with Crippen LogP contribution in [0.4, 0.5) is 18.9 Å². The Bertz CT molecular complexity index is 1270. The number of hydrogen-bond acceptors (Lipinski definition) is 4. The number of hydrogen-bond donors (Lipinski definition) is 1. The number of halogens is 3. The molecule has 0 bridgehead atoms. The first-order valence-corrected chi connectivity index (χ1v) is 11.8. The van der Waals surface area contributed by atoms with Crippen molar-refractivity contribution in [2.75, 3.05) is 18.0 Å². The molecular formula is C26H27F3N4O2. The van der Waals surface area contributed by atoms with Gasteiger partial charge in [-0.05, 0) is 62.9 Å². The van der Waals surface area contributed by atoms with Crippen LogP contribution >= 0.6 is 0 Å². The van der Waals surface area contributed by atoms with Gasteiger partial charge in [0.25, 0.3) is 5.91 Å². The Balaban J connectivity index is 1.31. The summed E-state index contributed by atoms with van der Waals surface area (Å²) in [6, 6.07) is 8.52. The number of morpholine rings is 1. The van der Waals surface area contributed by atoms with Crippen LogP contribution in [0, 0.1) is 17.5 Å². The van der Waals surface area contributed by atoms with E-state index in [9.17, 15) is 18.0 Å². The molecule has 2 heterocycles. The Kier molecular flexibility index (Phi) is 6.27. The minimum atomic E-state index is -0.970. The van der Waals surface area contributed by atoms with Crippen LogP contribution in [0.15, 0.2) is 36.4 Å². The second-order valence-electron chi connectivity index (χ2n) is 9.27. The number of ether oxygens (including phenoxy) is 1. The summed E-state index contributed by atoms with van der Waals surface area (Å²) in [6.07, 6.45) is 2.26. The van der Waals surface area contributed by atoms with E-state index in [0.29, 0.717) is 42.9 Å². The standard InChI is InChI=1S/C26H27F3N4O2/c1-15-13-32(14-16(2)35-15)24-9-6-17(10-22(24)29)12-30-26(34)25-19-4-3-5-23(19)33(31-25)18-7-8-20(27)21(28)11-18/h6-11,15-16H,3-5,12-14H2,1-2H3,(H,30,34). The smallest absolute Gasteiger partial charge is 0.272 e. The Hall–Kier alpha value is -3.33. The van der Waals surface area contributed by atoms with Crippen LogP contribution < -0.4 is 10.2 Å². The molecule has 1 amide bonds. The Morgan fingerprint density at radius 1 is 1.03 bits per heavy atom. The topological polar surface area (TPSA) is 59.4 Å². The fourth-order valence-corrected chi connectivity index (χ4v) is 5.01. The summed E-state index contributed by atoms with van der Waals surface area (Å²) in [4.78, 5) is 15.0. The lowest BCUT2D eigenvalue weighted by molar-refractivity contribution is -0.00539. The van der Waals surface area contributed by atoms with Gasteiger partial charge in [-0.3, -0.25) is 4.79 Å². The van der Waals surface area contributed by atoms with E-state index in [1.807, 2.05) is 18.7 Å². The molecular weight excluding hydrogens is 457 g/mol. The molecule has 1 N–H and O–H groups in total. The average Bonchev–Trinajstić information content (AvgIpc) is 3.42. The fraction of sp³-hybridized carbons (Fsp3) is 0.385. The van der Waals surface area contributed by atoms with Crippen molar-refractivity contribution in [3.05, 3.63) is 76.4 Å². The van der Waals surface area contributed by atoms with Crippen LogP contribution in [0.25, 0.3) is 5.69 Å². The van der Waals surface area contributed by atoms with Gasteiger partial charge in [-0.15, -0.1) is 0 Å². The quantitative estimate of drug-likeness (QED) is 0.586. The molecule has 5 rings (SSSR count). The number of carbonyl (C=O) groups excluding carboxylic acids is 1. The maximum atomic E-state index is 14.9. The molecule has 1 aliphatic carbocycles. The lowest BCUT2D eigenvalue weighted by Gasteiger charge is -2.37. The summed E-state index contributed by atoms with van der Waals surface area (Å²) in [5.41, 5.74) is 3.41. The monoisotopic (exact) mass is 484 g/mol. The molecule has 9 heteroatoms. The lowest BCUT2D eigenvalue weighted by Crippen LogP contribution is -2.45. The van der Waals surface area contributed by atoms with Gasteiger partial charge in [0.1, 0.15) is 5.82 Å². The lowest BCUT2D eigenvalue weighted by atomic mass is 10.1. The van der Waals surface area contributed by atoms with Crippen molar-refractivity contribution < 1.29 is 22.7 Å². The zero-order chi connectivity index (χ0) is 24.7. The van der Waals surface area contributed by atoms with E-state index in [0.717, 1.165) is 29.8 Å². The SMILES string of the molecule is CC1CN(c2ccc(CNC(=O)c3nn(-c4ccc(F)c(F)c4)c4c3CCC4)cc2F)CC(C)O1. The normalized spacial score (nSPS) is 19.6. The first kappa shape index (κ1) is 23.4. The predicted molar refractivity (Wildman–Crippen MR) is 125 cm³/mol. The molecule has 0 radical (unpaired) electrons. The van der Waals surface area contributed by atoms with Crippen molar-refractivity contribution in [1.29, 1.82) is 0 Å². The highest BCUT2D eigenvalue weighted by atomic mass is 19.2. The van der Waals surface area contributed by atoms with Gasteiger partial charge >= 0.3 is 0 Å². The highest BCUT2D eigenvalue weighted by Crippen LogP contribution is 2.29. The summed E-state index contributed by atoms with van der Waals surface area (Å²) in [5, 5.41) is 7.24. The molecule has 1 saturated heterocycles. The highest BCUT2D eigenvalue weighted by Gasteiger charge is 2.28. The Morgan fingerprint density at radius 2 is 1.80 bits per heavy atom. The van der Waals surface area contributed by atoms with Gasteiger partial charge in [-0.2, -0.15) is 5.10 Å². The molecule has 2 unspecified atom stereocenters. The van der Waals surface area contributed by atoms with E-state index in [4.69, 9.17) is 4.74 Å². The van der Waals surface area contributed by atoms with Crippen LogP contribution in [-0.4, -0.2) is 41.0 Å². The molecule has 0 saturated carbocycles. The number of benzene rings is 2. The summed E-state index contributed by atoms with van der Waals surface area (Å²) in [5.74, 6) is -2.64. The molecule has 3 aromatic rings. The van der Waals surface area contributed by atoms with Crippen LogP contribution in [-0.2, 0) is 24.1 Å². The molecule has 2 aliphatic rings. The van der Waals surface area contributed by atoms with Crippen LogP contribution in [0.3, 0.4) is 0 Å². The molecule has 6 nitrogen and oxygen atoms in total. The largest absolute Gasteiger partial charge is 0.372 e. The fourth-order valence-electron chi connectivity index (χ4n) is 5.01. The maximum Gasteiger partial charge on any atom is 0.272 e. The Labute approximate surface area is 201 Å². The third kappa shape index (κ3) is 4.65. The van der Waals surface area contributed by atoms with E-state index < -0.39 is 11.6 Å². The van der Waals surface area contributed by atoms with Crippen LogP contribution in [0.5, 0.6) is 0 Å². The van der Waals surface area contributed by atoms with E-state index in [2.05, 4.69) is 10.4 Å². The van der Waals surface area contributed by atoms with Crippen LogP contribution in [0.1, 0.15) is 47.6 Å². The summed E-state index contributed by atoms with van der Waals surface area (Å²) in [6.45, 7) is 5.30. The number of nitrogens with zero attached hydrogens (tertiary/aromatic N) is 3. The molecule has 1 aliphatic heterocycles. The minimum Gasteiger partial charge on any atom is -0.372 e. The van der Waals surface area contributed by atoms with E-state index in [1.165, 1.54) is 16.8 Å². The average molecular weight is 485 g/mol. The molecule has 184 valence electrons. The van der Waals surface area contributed by atoms with Crippen molar-refractivity contribution in [2.45, 2.75) is 51.9 Å². The molecule has 2 atom stereocenters. The second-order valence-corrected chi connectivity index (χ2v) is 9.27. The van der Waals surface area contributed by atoms with E-state index in [-0.39, 0.29) is 36.2 Å². The Morgan fingerprint density at radius 3 is 2.51 bits per heavy atom. The zero-order valence-corrected chi connectivity index (χ0v) is 19.7. The van der Waals surface area contributed by atoms with E-state index in [1.54, 1.807) is 12.1 Å². The molecule has 0 spiro atoms. The number of rotatable bonds is 5. The first-order chi connectivity index (χ1) is 16.8. The van der Waals surface area contributed by atoms with Gasteiger partial charge in [0.15, 0.2) is 17.3 Å². The first-order valence-electron chi connectivity index (χ1n) is 11.8. The van der Waals surface area contributed by atoms with Gasteiger partial charge in [0, 0.05) is 37.0 Å². The third-order valence-corrected chi connectivity index (χ3v) is 6.52. The van der Waals surface area contributed by atoms with E-state index >= 15 is 0 Å². The number of carbonyl (C=O) groups is 1. The molecule has 2 aromatic carbocycles. The number of nitrogens with one attached hydrogen (secondary N) is 1. The molecule has 1 aromatic heterocycles. The van der Waals surface area contributed by atoms with Crippen molar-refractivity contribution in [1.82, 2.24) is 15.1 Å². The number of aromatic nitrogens is 2. The zero-order valence-electron chi connectivity index (χ0n) is 19.7. The summed E-state index contributed by atoms with van der Waals surface area (Å²) in [7, 11) is 0.